The maximum Gasteiger partial charge on any atom is 0.151 e. The first kappa shape index (κ1) is 13.5. The number of aryl methyl sites for hydroxylation is 1. The van der Waals surface area contributed by atoms with Gasteiger partial charge in [0.2, 0.25) is 0 Å². The molecule has 1 aromatic rings. The first-order chi connectivity index (χ1) is 8.57. The third-order valence-corrected chi connectivity index (χ3v) is 5.20. The van der Waals surface area contributed by atoms with E-state index in [-0.39, 0.29) is 11.3 Å². The normalized spacial score (nSPS) is 24.5. The predicted molar refractivity (Wildman–Crippen MR) is 71.1 cm³/mol. The van der Waals surface area contributed by atoms with Crippen molar-refractivity contribution in [2.45, 2.75) is 43.5 Å². The molecule has 102 valence electrons. The molecule has 1 heterocycles. The molecule has 0 radical (unpaired) electrons. The van der Waals surface area contributed by atoms with E-state index < -0.39 is 9.84 Å². The van der Waals surface area contributed by atoms with Gasteiger partial charge in [-0.1, -0.05) is 6.42 Å². The summed E-state index contributed by atoms with van der Waals surface area (Å²) in [5.74, 6) is 0. The van der Waals surface area contributed by atoms with E-state index in [1.54, 1.807) is 6.20 Å². The summed E-state index contributed by atoms with van der Waals surface area (Å²) < 4.78 is 25.1. The molecule has 0 spiro atoms. The van der Waals surface area contributed by atoms with Gasteiger partial charge in [-0.2, -0.15) is 5.10 Å². The van der Waals surface area contributed by atoms with E-state index in [4.69, 9.17) is 0 Å². The van der Waals surface area contributed by atoms with Gasteiger partial charge >= 0.3 is 0 Å². The van der Waals surface area contributed by atoms with E-state index >= 15 is 0 Å². The van der Waals surface area contributed by atoms with Gasteiger partial charge in [0.15, 0.2) is 9.84 Å². The van der Waals surface area contributed by atoms with Crippen molar-refractivity contribution in [3.8, 4) is 0 Å². The van der Waals surface area contributed by atoms with Crippen LogP contribution in [0.1, 0.15) is 25.7 Å². The molecule has 18 heavy (non-hydrogen) atoms. The summed E-state index contributed by atoms with van der Waals surface area (Å²) in [6, 6.07) is 2.04. The van der Waals surface area contributed by atoms with E-state index in [0.717, 1.165) is 38.8 Å². The fourth-order valence-corrected chi connectivity index (χ4v) is 4.06. The highest BCUT2D eigenvalue weighted by Gasteiger charge is 2.33. The van der Waals surface area contributed by atoms with Crippen molar-refractivity contribution in [1.29, 1.82) is 0 Å². The summed E-state index contributed by atoms with van der Waals surface area (Å²) in [4.78, 5) is 0. The average Bonchev–Trinajstić information content (AvgIpc) is 2.94. The van der Waals surface area contributed by atoms with Crippen LogP contribution in [0.2, 0.25) is 0 Å². The molecule has 0 bridgehead atoms. The largest absolute Gasteiger partial charge is 0.313 e. The Morgan fingerprint density at radius 3 is 2.94 bits per heavy atom. The molecular weight excluding hydrogens is 250 g/mol. The smallest absolute Gasteiger partial charge is 0.151 e. The van der Waals surface area contributed by atoms with Crippen LogP contribution in [0.3, 0.4) is 0 Å². The lowest BCUT2D eigenvalue weighted by atomic mass is 10.2. The van der Waals surface area contributed by atoms with E-state index in [9.17, 15) is 8.42 Å². The van der Waals surface area contributed by atoms with Crippen LogP contribution in [-0.4, -0.2) is 42.3 Å². The number of nitrogens with one attached hydrogen (secondary N) is 1. The summed E-state index contributed by atoms with van der Waals surface area (Å²) in [6.07, 6.45) is 8.80. The van der Waals surface area contributed by atoms with Gasteiger partial charge in [0.1, 0.15) is 0 Å². The summed E-state index contributed by atoms with van der Waals surface area (Å²) in [7, 11) is -2.91. The van der Waals surface area contributed by atoms with Crippen molar-refractivity contribution in [2.24, 2.45) is 0 Å². The Balaban J connectivity index is 1.73. The zero-order valence-electron chi connectivity index (χ0n) is 10.7. The minimum atomic E-state index is -2.91. The molecule has 2 rings (SSSR count). The second-order valence-electron chi connectivity index (χ2n) is 4.98. The fraction of sp³-hybridized carbons (Fsp3) is 0.750. The summed E-state index contributed by atoms with van der Waals surface area (Å²) in [5, 5.41) is 7.32. The maximum absolute atomic E-state index is 11.6. The lowest BCUT2D eigenvalue weighted by molar-refractivity contribution is 0.476. The molecule has 0 amide bonds. The standard InChI is InChI=1S/C12H21N3O2S/c1-18(16,17)12-6-2-5-11(12)13-7-3-9-15-10-4-8-14-15/h4,8,10-13H,2-3,5-7,9H2,1H3/t11-,12+/m0/s1. The topological polar surface area (TPSA) is 64.0 Å². The minimum Gasteiger partial charge on any atom is -0.313 e. The van der Waals surface area contributed by atoms with E-state index in [1.165, 1.54) is 6.26 Å². The lowest BCUT2D eigenvalue weighted by Crippen LogP contribution is -2.40. The van der Waals surface area contributed by atoms with Crippen molar-refractivity contribution in [2.75, 3.05) is 12.8 Å². The quantitative estimate of drug-likeness (QED) is 0.778. The molecule has 0 saturated heterocycles. The molecule has 5 nitrogen and oxygen atoms in total. The van der Waals surface area contributed by atoms with Gasteiger partial charge in [-0.3, -0.25) is 4.68 Å². The SMILES string of the molecule is CS(=O)(=O)[C@@H]1CCC[C@@H]1NCCCn1cccn1. The van der Waals surface area contributed by atoms with Crippen molar-refractivity contribution >= 4 is 9.84 Å². The van der Waals surface area contributed by atoms with Gasteiger partial charge in [0.05, 0.1) is 5.25 Å². The second-order valence-corrected chi connectivity index (χ2v) is 7.25. The average molecular weight is 271 g/mol. The summed E-state index contributed by atoms with van der Waals surface area (Å²) in [5.41, 5.74) is 0. The highest BCUT2D eigenvalue weighted by Crippen LogP contribution is 2.24. The van der Waals surface area contributed by atoms with Gasteiger partial charge < -0.3 is 5.32 Å². The van der Waals surface area contributed by atoms with Gasteiger partial charge in [-0.05, 0) is 31.9 Å². The fourth-order valence-electron chi connectivity index (χ4n) is 2.63. The van der Waals surface area contributed by atoms with Gasteiger partial charge in [-0.25, -0.2) is 8.42 Å². The lowest BCUT2D eigenvalue weighted by Gasteiger charge is -2.19. The van der Waals surface area contributed by atoms with Crippen LogP contribution >= 0.6 is 0 Å². The Hall–Kier alpha value is -0.880. The molecule has 1 fully saturated rings. The van der Waals surface area contributed by atoms with Crippen LogP contribution in [-0.2, 0) is 16.4 Å². The minimum absolute atomic E-state index is 0.137. The van der Waals surface area contributed by atoms with E-state index in [1.807, 2.05) is 16.9 Å². The first-order valence-corrected chi connectivity index (χ1v) is 8.42. The van der Waals surface area contributed by atoms with Crippen LogP contribution in [0, 0.1) is 0 Å². The van der Waals surface area contributed by atoms with Crippen molar-refractivity contribution < 1.29 is 8.42 Å². The molecule has 1 aliphatic carbocycles. The van der Waals surface area contributed by atoms with Crippen LogP contribution in [0.4, 0.5) is 0 Å². The van der Waals surface area contributed by atoms with Crippen LogP contribution in [0.15, 0.2) is 18.5 Å². The number of sulfone groups is 1. The highest BCUT2D eigenvalue weighted by molar-refractivity contribution is 7.91. The molecule has 6 heteroatoms. The van der Waals surface area contributed by atoms with Crippen LogP contribution in [0.5, 0.6) is 0 Å². The highest BCUT2D eigenvalue weighted by atomic mass is 32.2. The summed E-state index contributed by atoms with van der Waals surface area (Å²) >= 11 is 0. The van der Waals surface area contributed by atoms with Crippen molar-refractivity contribution in [1.82, 2.24) is 15.1 Å². The third kappa shape index (κ3) is 3.55. The first-order valence-electron chi connectivity index (χ1n) is 6.47. The Morgan fingerprint density at radius 2 is 2.28 bits per heavy atom. The molecule has 0 aliphatic heterocycles. The van der Waals surface area contributed by atoms with Crippen molar-refractivity contribution in [3.63, 3.8) is 0 Å². The zero-order chi connectivity index (χ0) is 13.0. The molecule has 1 N–H and O–H groups in total. The predicted octanol–water partition coefficient (Wildman–Crippen LogP) is 0.828. The second kappa shape index (κ2) is 5.84. The Labute approximate surface area is 108 Å². The molecule has 2 atom stereocenters. The maximum atomic E-state index is 11.6. The molecule has 0 unspecified atom stereocenters. The number of aromatic nitrogens is 2. The molecule has 0 aromatic carbocycles. The van der Waals surface area contributed by atoms with Crippen molar-refractivity contribution in [3.05, 3.63) is 18.5 Å². The number of hydrogen-bond acceptors (Lipinski definition) is 4. The molecular formula is C12H21N3O2S. The Morgan fingerprint density at radius 1 is 1.44 bits per heavy atom. The van der Waals surface area contributed by atoms with Gasteiger partial charge in [-0.15, -0.1) is 0 Å². The molecule has 1 aromatic heterocycles. The van der Waals surface area contributed by atoms with Gasteiger partial charge in [0.25, 0.3) is 0 Å². The van der Waals surface area contributed by atoms with Crippen LogP contribution in [0.25, 0.3) is 0 Å². The Bertz CT molecular complexity index is 456. The van der Waals surface area contributed by atoms with E-state index in [0.29, 0.717) is 0 Å². The van der Waals surface area contributed by atoms with Gasteiger partial charge in [0, 0.05) is 31.2 Å². The molecule has 1 saturated carbocycles. The zero-order valence-corrected chi connectivity index (χ0v) is 11.6. The third-order valence-electron chi connectivity index (χ3n) is 3.53. The number of rotatable bonds is 6. The number of nitrogens with zero attached hydrogens (tertiary/aromatic N) is 2. The Kier molecular flexibility index (Phi) is 4.40. The number of hydrogen-bond donors (Lipinski definition) is 1. The monoisotopic (exact) mass is 271 g/mol. The molecule has 1 aliphatic rings. The summed E-state index contributed by atoms with van der Waals surface area (Å²) in [6.45, 7) is 1.72. The van der Waals surface area contributed by atoms with Crippen LogP contribution < -0.4 is 5.32 Å². The van der Waals surface area contributed by atoms with E-state index in [2.05, 4.69) is 10.4 Å².